The molecule has 2 aromatic rings. The maximum atomic E-state index is 11.9. The van der Waals surface area contributed by atoms with E-state index in [-0.39, 0.29) is 5.56 Å². The Balaban J connectivity index is 2.12. The van der Waals surface area contributed by atoms with Gasteiger partial charge in [0.15, 0.2) is 0 Å². The molecule has 0 atom stereocenters. The van der Waals surface area contributed by atoms with E-state index in [4.69, 9.17) is 0 Å². The van der Waals surface area contributed by atoms with Gasteiger partial charge in [0.1, 0.15) is 0 Å². The average molecular weight is 244 g/mol. The Kier molecular flexibility index (Phi) is 4.53. The van der Waals surface area contributed by atoms with Gasteiger partial charge in [-0.1, -0.05) is 25.1 Å². The Morgan fingerprint density at radius 3 is 2.78 bits per heavy atom. The maximum Gasteiger partial charge on any atom is 0.251 e. The van der Waals surface area contributed by atoms with Crippen LogP contribution in [0.5, 0.6) is 0 Å². The van der Waals surface area contributed by atoms with Gasteiger partial charge in [0.05, 0.1) is 5.52 Å². The van der Waals surface area contributed by atoms with Crippen molar-refractivity contribution in [1.82, 2.24) is 9.88 Å². The largest absolute Gasteiger partial charge is 0.317 e. The normalized spacial score (nSPS) is 10.9. The average Bonchev–Trinajstić information content (AvgIpc) is 2.41. The number of nitrogens with zero attached hydrogens (tertiary/aromatic N) is 1. The molecule has 1 aromatic carbocycles. The van der Waals surface area contributed by atoms with E-state index in [1.165, 1.54) is 0 Å². The van der Waals surface area contributed by atoms with E-state index in [0.29, 0.717) is 0 Å². The zero-order valence-corrected chi connectivity index (χ0v) is 10.9. The highest BCUT2D eigenvalue weighted by molar-refractivity contribution is 5.78. The molecule has 0 aliphatic carbocycles. The van der Waals surface area contributed by atoms with Crippen LogP contribution in [-0.4, -0.2) is 17.7 Å². The van der Waals surface area contributed by atoms with Crippen LogP contribution in [0.1, 0.15) is 19.8 Å². The van der Waals surface area contributed by atoms with Crippen molar-refractivity contribution in [2.24, 2.45) is 0 Å². The van der Waals surface area contributed by atoms with Crippen LogP contribution >= 0.6 is 0 Å². The molecule has 0 amide bonds. The van der Waals surface area contributed by atoms with Crippen molar-refractivity contribution in [2.45, 2.75) is 26.3 Å². The van der Waals surface area contributed by atoms with Crippen LogP contribution in [0.15, 0.2) is 41.2 Å². The number of hydrogen-bond acceptors (Lipinski definition) is 2. The summed E-state index contributed by atoms with van der Waals surface area (Å²) in [6.45, 7) is 4.94. The Morgan fingerprint density at radius 1 is 1.11 bits per heavy atom. The van der Waals surface area contributed by atoms with Gasteiger partial charge in [-0.3, -0.25) is 4.79 Å². The predicted molar refractivity (Wildman–Crippen MR) is 76.0 cm³/mol. The first-order chi connectivity index (χ1) is 8.83. The standard InChI is InChI=1S/C15H20N2O/c1-2-10-16-11-5-12-17-14-7-4-3-6-13(14)8-9-15(17)18/h3-4,6-9,16H,2,5,10-12H2,1H3. The van der Waals surface area contributed by atoms with Crippen molar-refractivity contribution in [2.75, 3.05) is 13.1 Å². The Bertz CT molecular complexity index is 560. The molecule has 0 bridgehead atoms. The van der Waals surface area contributed by atoms with Crippen molar-refractivity contribution in [3.63, 3.8) is 0 Å². The predicted octanol–water partition coefficient (Wildman–Crippen LogP) is 2.39. The Labute approximate surface area is 107 Å². The van der Waals surface area contributed by atoms with Crippen LogP contribution in [-0.2, 0) is 6.54 Å². The lowest BCUT2D eigenvalue weighted by molar-refractivity contribution is 0.579. The van der Waals surface area contributed by atoms with Gasteiger partial charge in [-0.05, 0) is 43.5 Å². The monoisotopic (exact) mass is 244 g/mol. The lowest BCUT2D eigenvalue weighted by atomic mass is 10.2. The van der Waals surface area contributed by atoms with Crippen LogP contribution in [0.2, 0.25) is 0 Å². The number of aryl methyl sites for hydroxylation is 1. The zero-order valence-electron chi connectivity index (χ0n) is 10.9. The van der Waals surface area contributed by atoms with E-state index >= 15 is 0 Å². The smallest absolute Gasteiger partial charge is 0.251 e. The molecule has 1 heterocycles. The fourth-order valence-electron chi connectivity index (χ4n) is 2.14. The summed E-state index contributed by atoms with van der Waals surface area (Å²) in [5, 5.41) is 4.48. The molecule has 18 heavy (non-hydrogen) atoms. The first-order valence-corrected chi connectivity index (χ1v) is 6.62. The number of para-hydroxylation sites is 1. The van der Waals surface area contributed by atoms with Gasteiger partial charge < -0.3 is 9.88 Å². The topological polar surface area (TPSA) is 34.0 Å². The Morgan fingerprint density at radius 2 is 1.94 bits per heavy atom. The van der Waals surface area contributed by atoms with Crippen LogP contribution in [0, 0.1) is 0 Å². The van der Waals surface area contributed by atoms with Gasteiger partial charge in [0.2, 0.25) is 0 Å². The Hall–Kier alpha value is -1.61. The number of rotatable bonds is 6. The number of fused-ring (bicyclic) bond motifs is 1. The van der Waals surface area contributed by atoms with Crippen LogP contribution in [0.25, 0.3) is 10.9 Å². The molecule has 0 saturated heterocycles. The van der Waals surface area contributed by atoms with Crippen molar-refractivity contribution in [3.8, 4) is 0 Å². The highest BCUT2D eigenvalue weighted by Gasteiger charge is 2.01. The summed E-state index contributed by atoms with van der Waals surface area (Å²) < 4.78 is 1.86. The number of pyridine rings is 1. The number of benzene rings is 1. The molecule has 96 valence electrons. The molecule has 3 heteroatoms. The molecule has 1 N–H and O–H groups in total. The zero-order chi connectivity index (χ0) is 12.8. The summed E-state index contributed by atoms with van der Waals surface area (Å²) in [5.41, 5.74) is 1.12. The number of aromatic nitrogens is 1. The molecule has 0 radical (unpaired) electrons. The van der Waals surface area contributed by atoms with Crippen LogP contribution < -0.4 is 10.9 Å². The van der Waals surface area contributed by atoms with E-state index < -0.39 is 0 Å². The first kappa shape index (κ1) is 12.8. The summed E-state index contributed by atoms with van der Waals surface area (Å²) in [6.07, 6.45) is 2.13. The second-order valence-electron chi connectivity index (χ2n) is 4.49. The summed E-state index contributed by atoms with van der Waals surface area (Å²) >= 11 is 0. The lowest BCUT2D eigenvalue weighted by Gasteiger charge is -2.10. The maximum absolute atomic E-state index is 11.9. The minimum atomic E-state index is 0.0872. The summed E-state index contributed by atoms with van der Waals surface area (Å²) in [4.78, 5) is 11.9. The lowest BCUT2D eigenvalue weighted by Crippen LogP contribution is -2.23. The fourth-order valence-corrected chi connectivity index (χ4v) is 2.14. The van der Waals surface area contributed by atoms with Gasteiger partial charge in [-0.15, -0.1) is 0 Å². The summed E-state index contributed by atoms with van der Waals surface area (Å²) in [6, 6.07) is 11.6. The van der Waals surface area contributed by atoms with Crippen LogP contribution in [0.3, 0.4) is 0 Å². The fraction of sp³-hybridized carbons (Fsp3) is 0.400. The highest BCUT2D eigenvalue weighted by atomic mass is 16.1. The molecule has 1 aromatic heterocycles. The summed E-state index contributed by atoms with van der Waals surface area (Å²) in [5.74, 6) is 0. The van der Waals surface area contributed by atoms with Crippen molar-refractivity contribution in [3.05, 3.63) is 46.8 Å². The second-order valence-corrected chi connectivity index (χ2v) is 4.49. The van der Waals surface area contributed by atoms with E-state index in [9.17, 15) is 4.79 Å². The number of hydrogen-bond donors (Lipinski definition) is 1. The minimum Gasteiger partial charge on any atom is -0.317 e. The first-order valence-electron chi connectivity index (χ1n) is 6.62. The third kappa shape index (κ3) is 2.99. The minimum absolute atomic E-state index is 0.0872. The van der Waals surface area contributed by atoms with Crippen molar-refractivity contribution < 1.29 is 0 Å². The van der Waals surface area contributed by atoms with Gasteiger partial charge in [0.25, 0.3) is 5.56 Å². The third-order valence-electron chi connectivity index (χ3n) is 3.06. The molecule has 0 spiro atoms. The molecule has 0 aliphatic rings. The molecular formula is C15H20N2O. The third-order valence-corrected chi connectivity index (χ3v) is 3.06. The molecule has 3 nitrogen and oxygen atoms in total. The van der Waals surface area contributed by atoms with Crippen molar-refractivity contribution in [1.29, 1.82) is 0 Å². The SMILES string of the molecule is CCCNCCCn1c(=O)ccc2ccccc21. The van der Waals surface area contributed by atoms with Crippen molar-refractivity contribution >= 4 is 10.9 Å². The molecular weight excluding hydrogens is 224 g/mol. The summed E-state index contributed by atoms with van der Waals surface area (Å²) in [7, 11) is 0. The van der Waals surface area contributed by atoms with Gasteiger partial charge in [-0.2, -0.15) is 0 Å². The molecule has 0 saturated carbocycles. The van der Waals surface area contributed by atoms with E-state index in [1.807, 2.05) is 34.9 Å². The van der Waals surface area contributed by atoms with Gasteiger partial charge >= 0.3 is 0 Å². The van der Waals surface area contributed by atoms with E-state index in [1.54, 1.807) is 6.07 Å². The molecule has 2 rings (SSSR count). The van der Waals surface area contributed by atoms with E-state index in [2.05, 4.69) is 12.2 Å². The van der Waals surface area contributed by atoms with E-state index in [0.717, 1.165) is 43.4 Å². The van der Waals surface area contributed by atoms with Crippen LogP contribution in [0.4, 0.5) is 0 Å². The van der Waals surface area contributed by atoms with Gasteiger partial charge in [-0.25, -0.2) is 0 Å². The second kappa shape index (κ2) is 6.36. The number of nitrogens with one attached hydrogen (secondary N) is 1. The quantitative estimate of drug-likeness (QED) is 0.792. The molecule has 0 fully saturated rings. The van der Waals surface area contributed by atoms with Gasteiger partial charge in [0, 0.05) is 12.6 Å². The molecule has 0 aliphatic heterocycles. The molecule has 0 unspecified atom stereocenters. The highest BCUT2D eigenvalue weighted by Crippen LogP contribution is 2.10.